The lowest BCUT2D eigenvalue weighted by molar-refractivity contribution is -0.225. The summed E-state index contributed by atoms with van der Waals surface area (Å²) in [6.45, 7) is 17.2. The molecule has 1 aromatic carbocycles. The fourth-order valence-corrected chi connectivity index (χ4v) is 21.2. The molecule has 1 amide bonds. The largest absolute Gasteiger partial charge is 0.414 e. The lowest BCUT2D eigenvalue weighted by atomic mass is 9.86. The van der Waals surface area contributed by atoms with Crippen LogP contribution >= 0.6 is 0 Å². The van der Waals surface area contributed by atoms with Crippen molar-refractivity contribution in [2.24, 2.45) is 0 Å². The molecule has 0 saturated carbocycles. The van der Waals surface area contributed by atoms with Gasteiger partial charge in [-0.1, -0.05) is 81.0 Å². The molecule has 21 nitrogen and oxygen atoms in total. The van der Waals surface area contributed by atoms with Crippen molar-refractivity contribution >= 4 is 57.0 Å². The van der Waals surface area contributed by atoms with Crippen molar-refractivity contribution in [2.75, 3.05) is 37.5 Å². The van der Waals surface area contributed by atoms with Crippen LogP contribution in [0.5, 0.6) is 0 Å². The summed E-state index contributed by atoms with van der Waals surface area (Å²) < 4.78 is 42.7. The van der Waals surface area contributed by atoms with Gasteiger partial charge in [0.25, 0.3) is 5.91 Å². The van der Waals surface area contributed by atoms with Crippen LogP contribution in [0.2, 0.25) is 22.2 Å². The molecule has 9 rings (SSSR count). The van der Waals surface area contributed by atoms with Crippen molar-refractivity contribution in [3.8, 4) is 0 Å². The summed E-state index contributed by atoms with van der Waals surface area (Å²) in [5.41, 5.74) is 5.73. The predicted molar refractivity (Wildman–Crippen MR) is 251 cm³/mol. The van der Waals surface area contributed by atoms with Gasteiger partial charge in [0, 0.05) is 25.0 Å². The second-order valence-electron chi connectivity index (χ2n) is 18.7. The molecule has 4 fully saturated rings. The number of carbonyl (C=O) groups excluding carboxylic acids is 1. The first-order valence-electron chi connectivity index (χ1n) is 22.5. The second-order valence-corrected chi connectivity index (χ2v) is 27.5. The summed E-state index contributed by atoms with van der Waals surface area (Å²) in [4.78, 5) is 38.5. The van der Waals surface area contributed by atoms with E-state index < -0.39 is 65.2 Å². The molecule has 5 aromatic rings. The van der Waals surface area contributed by atoms with Gasteiger partial charge in [-0.05, 0) is 34.3 Å². The number of ether oxygens (including phenoxy) is 3. The molecule has 7 N–H and O–H groups in total. The van der Waals surface area contributed by atoms with Gasteiger partial charge >= 0.3 is 17.1 Å². The van der Waals surface area contributed by atoms with E-state index in [1.807, 2.05) is 6.07 Å². The SMILES string of the molecule is C.CC(C)[Si]1(C(C)C)OC[C@H]2OC(n3cnc4c(NC(=O)c5ccccc5)ncnc43)[C@@](O)(CCO)[C@@H]2O[Si](C(C)C)(C(C)C)O1.Nc1ncnc2c1ncn2C1O[C@H](CO)[C@@H](O)[C@]12CCO2. The first-order chi connectivity index (χ1) is 31.5. The Balaban J connectivity index is 0.000000251. The number of fused-ring (bicyclic) bond motifs is 3. The van der Waals surface area contributed by atoms with Gasteiger partial charge in [0.2, 0.25) is 0 Å². The van der Waals surface area contributed by atoms with Crippen molar-refractivity contribution < 1.29 is 52.4 Å². The fourth-order valence-electron chi connectivity index (χ4n) is 9.95. The van der Waals surface area contributed by atoms with Crippen LogP contribution in [0.4, 0.5) is 11.6 Å². The standard InChI is InChI=1S/C31H47N5O7Si2.C12H15N5O4.CH4/c1-19(2)44(20(3)4)40-16-24-26(42-45(43-44,21(5)6)22(7)8)31(39,14-15-37)30(41-24)36-18-34-25-27(32-17-33-28(25)36)35-29(38)23-12-10-9-11-13-23;13-9-7-10(15-4-14-9)17(5-16-7)11-12(1-2-20-12)8(19)6(3-18)21-11;/h9-13,17-22,24,26,30,37,39H,14-16H2,1-8H3,(H,32,33,35,38);4-6,8,11,18-19H,1-3H2,(H2,13,14,15);1H4/t24-,26-,30?,31-;6-,8-,11?,12-;/m11./s1. The van der Waals surface area contributed by atoms with E-state index in [1.165, 1.54) is 25.3 Å². The molecule has 4 saturated heterocycles. The van der Waals surface area contributed by atoms with Crippen LogP contribution in [0.15, 0.2) is 55.6 Å². The highest BCUT2D eigenvalue weighted by Gasteiger charge is 2.66. The van der Waals surface area contributed by atoms with Crippen molar-refractivity contribution in [3.63, 3.8) is 0 Å². The number of amides is 1. The maximum Gasteiger partial charge on any atom is 0.335 e. The van der Waals surface area contributed by atoms with Crippen molar-refractivity contribution in [1.29, 1.82) is 0 Å². The number of benzene rings is 1. The molecule has 4 aromatic heterocycles. The minimum atomic E-state index is -3.10. The number of hydrogen-bond acceptors (Lipinski definition) is 18. The maximum absolute atomic E-state index is 12.9. The summed E-state index contributed by atoms with van der Waals surface area (Å²) in [5, 5.41) is 45.3. The molecule has 2 unspecified atom stereocenters. The molecule has 366 valence electrons. The van der Waals surface area contributed by atoms with E-state index in [1.54, 1.807) is 33.4 Å². The third-order valence-electron chi connectivity index (χ3n) is 13.5. The van der Waals surface area contributed by atoms with E-state index in [9.17, 15) is 25.2 Å². The van der Waals surface area contributed by atoms with Gasteiger partial charge < -0.3 is 58.7 Å². The average molecular weight is 967 g/mol. The third-order valence-corrected chi connectivity index (χ3v) is 23.8. The second kappa shape index (κ2) is 19.6. The predicted octanol–water partition coefficient (Wildman–Crippen LogP) is 4.50. The zero-order chi connectivity index (χ0) is 47.3. The Labute approximate surface area is 391 Å². The minimum Gasteiger partial charge on any atom is -0.414 e. The van der Waals surface area contributed by atoms with E-state index in [0.29, 0.717) is 40.9 Å². The van der Waals surface area contributed by atoms with E-state index in [0.717, 1.165) is 0 Å². The molecular formula is C44H66N10O11Si2. The van der Waals surface area contributed by atoms with E-state index in [4.69, 9.17) is 32.9 Å². The summed E-state index contributed by atoms with van der Waals surface area (Å²) in [7, 11) is -5.94. The highest BCUT2D eigenvalue weighted by molar-refractivity contribution is 6.84. The highest BCUT2D eigenvalue weighted by atomic mass is 28.5. The van der Waals surface area contributed by atoms with Crippen molar-refractivity contribution in [1.82, 2.24) is 39.0 Å². The molecular weight excluding hydrogens is 901 g/mol. The van der Waals surface area contributed by atoms with Gasteiger partial charge in [0.15, 0.2) is 40.9 Å². The Morgan fingerprint density at radius 3 is 2.03 bits per heavy atom. The van der Waals surface area contributed by atoms with Gasteiger partial charge in [-0.25, -0.2) is 29.9 Å². The molecule has 0 bridgehead atoms. The molecule has 67 heavy (non-hydrogen) atoms. The number of anilines is 2. The number of nitrogens with two attached hydrogens (primary N) is 1. The van der Waals surface area contributed by atoms with Crippen LogP contribution in [0.3, 0.4) is 0 Å². The zero-order valence-electron chi connectivity index (χ0n) is 38.5. The Hall–Kier alpha value is -4.38. The smallest absolute Gasteiger partial charge is 0.335 e. The van der Waals surface area contributed by atoms with Gasteiger partial charge in [0.1, 0.15) is 53.8 Å². The molecule has 23 heteroatoms. The Bertz CT molecular complexity index is 2480. The number of hydrogen-bond donors (Lipinski definition) is 6. The van der Waals surface area contributed by atoms with Crippen LogP contribution in [-0.4, -0.2) is 145 Å². The highest BCUT2D eigenvalue weighted by Crippen LogP contribution is 2.52. The monoisotopic (exact) mass is 966 g/mol. The Morgan fingerprint density at radius 1 is 0.851 bits per heavy atom. The summed E-state index contributed by atoms with van der Waals surface area (Å²) >= 11 is 0. The van der Waals surface area contributed by atoms with Crippen LogP contribution in [0.25, 0.3) is 22.3 Å². The first kappa shape index (κ1) is 50.5. The minimum absolute atomic E-state index is 0. The normalized spacial score (nSPS) is 28.8. The van der Waals surface area contributed by atoms with E-state index in [-0.39, 0.29) is 73.4 Å². The van der Waals surface area contributed by atoms with Crippen molar-refractivity contribution in [2.45, 2.75) is 146 Å². The third kappa shape index (κ3) is 8.49. The average Bonchev–Trinajstić information content (AvgIpc) is 4.03. The summed E-state index contributed by atoms with van der Waals surface area (Å²) in [6.07, 6.45) is 1.58. The summed E-state index contributed by atoms with van der Waals surface area (Å²) in [6, 6.07) is 8.82. The van der Waals surface area contributed by atoms with Crippen LogP contribution in [0.1, 0.15) is 98.5 Å². The molecule has 8 atom stereocenters. The zero-order valence-corrected chi connectivity index (χ0v) is 40.5. The molecule has 0 aliphatic carbocycles. The van der Waals surface area contributed by atoms with Gasteiger partial charge in [-0.3, -0.25) is 13.9 Å². The number of nitrogen functional groups attached to an aromatic ring is 1. The van der Waals surface area contributed by atoms with Gasteiger partial charge in [-0.15, -0.1) is 0 Å². The number of aliphatic hydroxyl groups is 4. The first-order valence-corrected chi connectivity index (χ1v) is 26.5. The fraction of sp³-hybridized carbons (Fsp3) is 0.614. The quantitative estimate of drug-likeness (QED) is 0.0994. The molecule has 4 aliphatic heterocycles. The number of aromatic nitrogens is 8. The number of aliphatic hydroxyl groups excluding tert-OH is 3. The Morgan fingerprint density at radius 2 is 1.45 bits per heavy atom. The Kier molecular flexibility index (Phi) is 14.7. The van der Waals surface area contributed by atoms with Gasteiger partial charge in [-0.2, -0.15) is 0 Å². The molecule has 4 aliphatic rings. The molecule has 1 spiro atoms. The number of nitrogens with zero attached hydrogens (tertiary/aromatic N) is 8. The number of nitrogens with one attached hydrogen (secondary N) is 1. The lowest BCUT2D eigenvalue weighted by Crippen LogP contribution is -2.67. The molecule has 8 heterocycles. The topological polar surface area (TPSA) is 279 Å². The number of carbonyl (C=O) groups is 1. The van der Waals surface area contributed by atoms with Crippen molar-refractivity contribution in [3.05, 3.63) is 61.2 Å². The number of imidazole rings is 2. The van der Waals surface area contributed by atoms with E-state index >= 15 is 0 Å². The van der Waals surface area contributed by atoms with Gasteiger partial charge in [0.05, 0.1) is 32.5 Å². The number of rotatable bonds is 11. The lowest BCUT2D eigenvalue weighted by Gasteiger charge is -2.52. The molecule has 0 radical (unpaired) electrons. The van der Waals surface area contributed by atoms with Crippen LogP contribution < -0.4 is 11.1 Å². The summed E-state index contributed by atoms with van der Waals surface area (Å²) in [5.74, 6) is 0.167. The van der Waals surface area contributed by atoms with Crippen LogP contribution in [0, 0.1) is 0 Å². The van der Waals surface area contributed by atoms with Crippen LogP contribution in [-0.2, 0) is 27.2 Å². The van der Waals surface area contributed by atoms with E-state index in [2.05, 4.69) is 90.6 Å². The maximum atomic E-state index is 12.9.